The van der Waals surface area contributed by atoms with Gasteiger partial charge in [0.15, 0.2) is 23.6 Å². The number of fused-ring (bicyclic) bond motifs is 5. The zero-order chi connectivity index (χ0) is 44.9. The molecule has 2 bridgehead atoms. The summed E-state index contributed by atoms with van der Waals surface area (Å²) in [5.41, 5.74) is -7.02. The summed E-state index contributed by atoms with van der Waals surface area (Å²) in [6, 6.07) is 22.9. The quantitative estimate of drug-likeness (QED) is 0.130. The van der Waals surface area contributed by atoms with Gasteiger partial charge in [0.05, 0.1) is 35.6 Å². The summed E-state index contributed by atoms with van der Waals surface area (Å²) in [5, 5.41) is 40.2. The minimum Gasteiger partial charge on any atom is -0.456 e. The standard InChI is InChI=1S/C47H51NO14/c1-25-31(60-43(56)36(52)35(28-16-10-7-11-17-28)48-41(54)29-18-12-8-13-19-29)23-47(57)40(61-42(55)30-20-14-9-15-21-30)38-45(6,32(51)22-33-46(38,24-58-33)62-27(3)50)39(53)37(59-26(2)49)34(25)44(47,4)5/h7-21,31-33,35-38,40,51-52,57H,22-24H2,1-6H3,(H,48,54)/t31?,32-,33-,35+,36-,37-,38?,40+,45-,46+,47-/m1/s1. The predicted molar refractivity (Wildman–Crippen MR) is 218 cm³/mol. The van der Waals surface area contributed by atoms with Crippen molar-refractivity contribution in [3.8, 4) is 0 Å². The van der Waals surface area contributed by atoms with Crippen LogP contribution >= 0.6 is 0 Å². The molecule has 4 N–H and O–H groups in total. The van der Waals surface area contributed by atoms with Gasteiger partial charge in [-0.1, -0.05) is 80.6 Å². The van der Waals surface area contributed by atoms with Gasteiger partial charge in [-0.3, -0.25) is 19.2 Å². The molecular formula is C47H51NO14. The van der Waals surface area contributed by atoms with E-state index in [-0.39, 0.29) is 35.3 Å². The summed E-state index contributed by atoms with van der Waals surface area (Å²) < 4.78 is 30.3. The zero-order valence-electron chi connectivity index (χ0n) is 35.2. The first-order valence-corrected chi connectivity index (χ1v) is 20.5. The minimum absolute atomic E-state index is 0.00289. The molecule has 3 aliphatic carbocycles. The van der Waals surface area contributed by atoms with Crippen LogP contribution in [0.3, 0.4) is 0 Å². The third kappa shape index (κ3) is 7.29. The maximum absolute atomic E-state index is 15.5. The molecule has 2 saturated carbocycles. The van der Waals surface area contributed by atoms with E-state index < -0.39 is 113 Å². The highest BCUT2D eigenvalue weighted by atomic mass is 16.6. The molecule has 3 aromatic rings. The van der Waals surface area contributed by atoms with Crippen LogP contribution < -0.4 is 5.32 Å². The van der Waals surface area contributed by atoms with E-state index in [0.29, 0.717) is 5.56 Å². The van der Waals surface area contributed by atoms with Gasteiger partial charge in [0.25, 0.3) is 5.91 Å². The molecule has 15 heteroatoms. The Bertz CT molecular complexity index is 2280. The van der Waals surface area contributed by atoms with E-state index in [2.05, 4.69) is 5.32 Å². The number of ketones is 1. The zero-order valence-corrected chi connectivity index (χ0v) is 35.2. The van der Waals surface area contributed by atoms with E-state index >= 15 is 4.79 Å². The first kappa shape index (κ1) is 44.3. The van der Waals surface area contributed by atoms with Gasteiger partial charge in [0.1, 0.15) is 23.9 Å². The number of rotatable bonds is 10. The summed E-state index contributed by atoms with van der Waals surface area (Å²) in [6.07, 6.45) is -10.5. The predicted octanol–water partition coefficient (Wildman–Crippen LogP) is 3.74. The number of aliphatic hydroxyl groups excluding tert-OH is 2. The molecule has 1 amide bonds. The third-order valence-corrected chi connectivity index (χ3v) is 13.5. The van der Waals surface area contributed by atoms with Crippen molar-refractivity contribution in [1.29, 1.82) is 0 Å². The smallest absolute Gasteiger partial charge is 0.338 e. The van der Waals surface area contributed by atoms with Crippen LogP contribution in [0.25, 0.3) is 0 Å². The number of nitrogens with one attached hydrogen (secondary N) is 1. The number of esters is 4. The fourth-order valence-corrected chi connectivity index (χ4v) is 10.2. The van der Waals surface area contributed by atoms with E-state index in [1.807, 2.05) is 0 Å². The number of amides is 1. The van der Waals surface area contributed by atoms with Crippen molar-refractivity contribution in [2.45, 2.75) is 108 Å². The van der Waals surface area contributed by atoms with Gasteiger partial charge in [0, 0.05) is 37.7 Å². The van der Waals surface area contributed by atoms with Crippen LogP contribution in [0.5, 0.6) is 0 Å². The monoisotopic (exact) mass is 853 g/mol. The summed E-state index contributed by atoms with van der Waals surface area (Å²) in [5.74, 6) is -6.84. The molecule has 0 aromatic heterocycles. The lowest BCUT2D eigenvalue weighted by Gasteiger charge is -2.67. The molecular weight excluding hydrogens is 803 g/mol. The summed E-state index contributed by atoms with van der Waals surface area (Å²) in [7, 11) is 0. The van der Waals surface area contributed by atoms with Crippen molar-refractivity contribution >= 4 is 35.6 Å². The molecule has 328 valence electrons. The summed E-state index contributed by atoms with van der Waals surface area (Å²) >= 11 is 0. The molecule has 4 aliphatic rings. The molecule has 3 fully saturated rings. The maximum Gasteiger partial charge on any atom is 0.338 e. The van der Waals surface area contributed by atoms with Crippen LogP contribution in [0, 0.1) is 16.7 Å². The highest BCUT2D eigenvalue weighted by Crippen LogP contribution is 2.64. The number of carbonyl (C=O) groups is 6. The van der Waals surface area contributed by atoms with Crippen LogP contribution in [0.4, 0.5) is 0 Å². The van der Waals surface area contributed by atoms with Crippen molar-refractivity contribution in [1.82, 2.24) is 5.32 Å². The number of Topliss-reactive ketones (excluding diaryl/α,β-unsaturated/α-hetero) is 1. The molecule has 3 aromatic carbocycles. The molecule has 0 spiro atoms. The van der Waals surface area contributed by atoms with E-state index in [1.54, 1.807) is 92.7 Å². The molecule has 1 aliphatic heterocycles. The van der Waals surface area contributed by atoms with Crippen LogP contribution in [-0.2, 0) is 42.9 Å². The van der Waals surface area contributed by atoms with Crippen LogP contribution in [0.15, 0.2) is 102 Å². The normalized spacial score (nSPS) is 31.9. The first-order chi connectivity index (χ1) is 29.3. The molecule has 7 rings (SSSR count). The SMILES string of the molecule is CC(=O)O[C@H]1C(=O)[C@@]2(C)C([C@H](OC(=O)c3ccccc3)[C@]3(O)CC(OC(=O)[C@H](O)[C@@H](NC(=O)c4ccccc4)c4ccccc4)C(C)=C1C3(C)C)[C@]1(OC(C)=O)CO[C@@H]1C[C@H]2O. The Labute approximate surface area is 358 Å². The highest BCUT2D eigenvalue weighted by molar-refractivity contribution is 5.96. The van der Waals surface area contributed by atoms with Crippen molar-refractivity contribution in [3.05, 3.63) is 119 Å². The molecule has 2 unspecified atom stereocenters. The number of carbonyl (C=O) groups excluding carboxylic acids is 6. The second-order valence-corrected chi connectivity index (χ2v) is 17.4. The van der Waals surface area contributed by atoms with Crippen LogP contribution in [-0.4, -0.2) is 105 Å². The number of benzene rings is 3. The van der Waals surface area contributed by atoms with E-state index in [9.17, 15) is 39.3 Å². The molecule has 11 atom stereocenters. The van der Waals surface area contributed by atoms with Gasteiger partial charge in [-0.25, -0.2) is 9.59 Å². The molecule has 1 heterocycles. The Kier molecular flexibility index (Phi) is 11.8. The van der Waals surface area contributed by atoms with Gasteiger partial charge in [-0.05, 0) is 54.8 Å². The van der Waals surface area contributed by atoms with Gasteiger partial charge in [0.2, 0.25) is 0 Å². The average Bonchev–Trinajstić information content (AvgIpc) is 3.24. The Morgan fingerprint density at radius 3 is 1.95 bits per heavy atom. The number of aliphatic hydroxyl groups is 3. The second-order valence-electron chi connectivity index (χ2n) is 17.4. The van der Waals surface area contributed by atoms with E-state index in [0.717, 1.165) is 13.8 Å². The lowest BCUT2D eigenvalue weighted by atomic mass is 9.44. The summed E-state index contributed by atoms with van der Waals surface area (Å²) in [6.45, 7) is 7.97. The average molecular weight is 854 g/mol. The van der Waals surface area contributed by atoms with Crippen molar-refractivity contribution in [2.24, 2.45) is 16.7 Å². The Hall–Kier alpha value is -5.74. The Morgan fingerprint density at radius 2 is 1.40 bits per heavy atom. The van der Waals surface area contributed by atoms with Gasteiger partial charge >= 0.3 is 23.9 Å². The fraction of sp³-hybridized carbons (Fsp3) is 0.447. The van der Waals surface area contributed by atoms with Gasteiger partial charge in [-0.2, -0.15) is 0 Å². The number of hydrogen-bond donors (Lipinski definition) is 4. The minimum atomic E-state index is -2.39. The van der Waals surface area contributed by atoms with Gasteiger partial charge < -0.3 is 44.3 Å². The van der Waals surface area contributed by atoms with Gasteiger partial charge in [-0.15, -0.1) is 0 Å². The van der Waals surface area contributed by atoms with Crippen molar-refractivity contribution in [2.75, 3.05) is 6.61 Å². The largest absolute Gasteiger partial charge is 0.456 e. The lowest BCUT2D eigenvalue weighted by Crippen LogP contribution is -2.82. The molecule has 15 nitrogen and oxygen atoms in total. The summed E-state index contributed by atoms with van der Waals surface area (Å²) in [4.78, 5) is 83.5. The Balaban J connectivity index is 1.39. The van der Waals surface area contributed by atoms with E-state index in [1.165, 1.54) is 26.0 Å². The van der Waals surface area contributed by atoms with Crippen LogP contribution in [0.1, 0.15) is 86.7 Å². The molecule has 62 heavy (non-hydrogen) atoms. The first-order valence-electron chi connectivity index (χ1n) is 20.5. The van der Waals surface area contributed by atoms with E-state index in [4.69, 9.17) is 23.7 Å². The topological polar surface area (TPSA) is 221 Å². The van der Waals surface area contributed by atoms with Crippen molar-refractivity contribution in [3.63, 3.8) is 0 Å². The Morgan fingerprint density at radius 1 is 0.823 bits per heavy atom. The second kappa shape index (κ2) is 16.5. The fourth-order valence-electron chi connectivity index (χ4n) is 10.2. The molecule has 0 radical (unpaired) electrons. The number of hydrogen-bond acceptors (Lipinski definition) is 14. The third-order valence-electron chi connectivity index (χ3n) is 13.5. The molecule has 1 saturated heterocycles. The van der Waals surface area contributed by atoms with Crippen LogP contribution in [0.2, 0.25) is 0 Å². The maximum atomic E-state index is 15.5. The van der Waals surface area contributed by atoms with Crippen molar-refractivity contribution < 1.29 is 67.8 Å². The number of ether oxygens (including phenoxy) is 5. The lowest BCUT2D eigenvalue weighted by molar-refractivity contribution is -0.346. The highest BCUT2D eigenvalue weighted by Gasteiger charge is 2.78.